The molecule has 7 heteroatoms. The Hall–Kier alpha value is -3.74. The molecule has 0 saturated carbocycles. The first-order valence-corrected chi connectivity index (χ1v) is 9.38. The molecule has 0 unspecified atom stereocenters. The van der Waals surface area contributed by atoms with Gasteiger partial charge >= 0.3 is 0 Å². The molecule has 0 aliphatic rings. The number of hydrogen-bond donors (Lipinski definition) is 0. The van der Waals surface area contributed by atoms with E-state index in [4.69, 9.17) is 5.10 Å². The van der Waals surface area contributed by atoms with E-state index < -0.39 is 0 Å². The lowest BCUT2D eigenvalue weighted by Gasteiger charge is -2.07. The summed E-state index contributed by atoms with van der Waals surface area (Å²) in [6.45, 7) is 3.94. The minimum atomic E-state index is -0.0428. The van der Waals surface area contributed by atoms with Gasteiger partial charge in [-0.25, -0.2) is 4.52 Å². The van der Waals surface area contributed by atoms with Crippen molar-refractivity contribution in [2.24, 2.45) is 14.1 Å². The third kappa shape index (κ3) is 2.74. The average Bonchev–Trinajstić information content (AvgIpc) is 3.32. The molecular weight excluding hydrogens is 364 g/mol. The summed E-state index contributed by atoms with van der Waals surface area (Å²) in [6.07, 6.45) is 3.77. The second-order valence-corrected chi connectivity index (χ2v) is 7.44. The molecule has 5 rings (SSSR count). The molecule has 1 aromatic carbocycles. The van der Waals surface area contributed by atoms with E-state index in [1.54, 1.807) is 16.3 Å². The van der Waals surface area contributed by atoms with Crippen molar-refractivity contribution < 1.29 is 0 Å². The number of aryl methyl sites for hydroxylation is 4. The smallest absolute Gasteiger partial charge is 0.261 e. The average molecular weight is 384 g/mol. The van der Waals surface area contributed by atoms with E-state index in [0.29, 0.717) is 5.39 Å². The van der Waals surface area contributed by atoms with Crippen molar-refractivity contribution in [2.75, 3.05) is 0 Å². The topological polar surface area (TPSA) is 70.0 Å². The minimum absolute atomic E-state index is 0.0428. The van der Waals surface area contributed by atoms with Gasteiger partial charge in [-0.1, -0.05) is 6.07 Å². The number of hydrogen-bond acceptors (Lipinski definition) is 4. The van der Waals surface area contributed by atoms with Crippen molar-refractivity contribution >= 4 is 16.6 Å². The van der Waals surface area contributed by atoms with Crippen molar-refractivity contribution in [3.8, 4) is 22.4 Å². The van der Waals surface area contributed by atoms with Crippen molar-refractivity contribution in [3.63, 3.8) is 0 Å². The van der Waals surface area contributed by atoms with Crippen LogP contribution in [0.25, 0.3) is 38.9 Å². The van der Waals surface area contributed by atoms with Gasteiger partial charge in [0.15, 0.2) is 0 Å². The van der Waals surface area contributed by atoms with Crippen molar-refractivity contribution in [3.05, 3.63) is 70.5 Å². The minimum Gasteiger partial charge on any atom is -0.296 e. The number of benzene rings is 1. The molecular formula is C22H20N6O. The second kappa shape index (κ2) is 6.13. The molecule has 0 radical (unpaired) electrons. The predicted molar refractivity (Wildman–Crippen MR) is 113 cm³/mol. The standard InChI is InChI=1S/C22H20N6O/c1-13-7-16(8-14(2)24-13)19-10-21-27(4)22(29)18-6-5-15(9-20(18)28(21)25-19)17-11-23-26(3)12-17/h5-12H,1-4H3. The number of fused-ring (bicyclic) bond motifs is 3. The van der Waals surface area contributed by atoms with E-state index in [0.717, 1.165) is 44.9 Å². The highest BCUT2D eigenvalue weighted by atomic mass is 16.1. The fraction of sp³-hybridized carbons (Fsp3) is 0.182. The Morgan fingerprint density at radius 1 is 0.897 bits per heavy atom. The van der Waals surface area contributed by atoms with Crippen LogP contribution in [0.2, 0.25) is 0 Å². The highest BCUT2D eigenvalue weighted by Crippen LogP contribution is 2.26. The summed E-state index contributed by atoms with van der Waals surface area (Å²) < 4.78 is 5.25. The van der Waals surface area contributed by atoms with Crippen LogP contribution in [0.5, 0.6) is 0 Å². The van der Waals surface area contributed by atoms with Crippen LogP contribution in [0.3, 0.4) is 0 Å². The van der Waals surface area contributed by atoms with Gasteiger partial charge in [0, 0.05) is 48.9 Å². The monoisotopic (exact) mass is 384 g/mol. The zero-order chi connectivity index (χ0) is 20.3. The molecule has 0 aliphatic heterocycles. The van der Waals surface area contributed by atoms with E-state index >= 15 is 0 Å². The van der Waals surface area contributed by atoms with Gasteiger partial charge in [0.05, 0.1) is 22.8 Å². The third-order valence-electron chi connectivity index (χ3n) is 5.21. The van der Waals surface area contributed by atoms with E-state index in [2.05, 4.69) is 10.1 Å². The molecule has 4 heterocycles. The summed E-state index contributed by atoms with van der Waals surface area (Å²) in [6, 6.07) is 11.8. The summed E-state index contributed by atoms with van der Waals surface area (Å²) in [4.78, 5) is 17.4. The van der Waals surface area contributed by atoms with Gasteiger partial charge in [-0.3, -0.25) is 19.0 Å². The van der Waals surface area contributed by atoms with E-state index in [-0.39, 0.29) is 5.56 Å². The highest BCUT2D eigenvalue weighted by molar-refractivity contribution is 5.86. The van der Waals surface area contributed by atoms with Gasteiger partial charge in [-0.15, -0.1) is 0 Å². The molecule has 0 aliphatic carbocycles. The van der Waals surface area contributed by atoms with E-state index in [1.807, 2.05) is 74.2 Å². The van der Waals surface area contributed by atoms with Gasteiger partial charge in [-0.05, 0) is 43.7 Å². The molecule has 0 fully saturated rings. The number of nitrogens with zero attached hydrogens (tertiary/aromatic N) is 6. The summed E-state index contributed by atoms with van der Waals surface area (Å²) in [5, 5.41) is 9.72. The second-order valence-electron chi connectivity index (χ2n) is 7.44. The normalized spacial score (nSPS) is 11.6. The van der Waals surface area contributed by atoms with Crippen LogP contribution in [-0.4, -0.2) is 28.9 Å². The van der Waals surface area contributed by atoms with Crippen molar-refractivity contribution in [2.45, 2.75) is 13.8 Å². The molecule has 29 heavy (non-hydrogen) atoms. The first-order valence-electron chi connectivity index (χ1n) is 9.38. The third-order valence-corrected chi connectivity index (χ3v) is 5.21. The van der Waals surface area contributed by atoms with Crippen LogP contribution in [-0.2, 0) is 14.1 Å². The highest BCUT2D eigenvalue weighted by Gasteiger charge is 2.14. The summed E-state index contributed by atoms with van der Waals surface area (Å²) >= 11 is 0. The molecule has 144 valence electrons. The Morgan fingerprint density at radius 3 is 2.34 bits per heavy atom. The predicted octanol–water partition coefficient (Wildman–Crippen LogP) is 3.27. The van der Waals surface area contributed by atoms with Gasteiger partial charge in [-0.2, -0.15) is 10.2 Å². The Kier molecular flexibility index (Phi) is 3.67. The van der Waals surface area contributed by atoms with Crippen LogP contribution < -0.4 is 5.56 Å². The van der Waals surface area contributed by atoms with Gasteiger partial charge in [0.1, 0.15) is 5.65 Å². The van der Waals surface area contributed by atoms with Crippen LogP contribution in [0.15, 0.2) is 53.6 Å². The van der Waals surface area contributed by atoms with Crippen LogP contribution >= 0.6 is 0 Å². The molecule has 0 atom stereocenters. The fourth-order valence-corrected chi connectivity index (χ4v) is 3.83. The van der Waals surface area contributed by atoms with Crippen LogP contribution in [0.1, 0.15) is 11.4 Å². The van der Waals surface area contributed by atoms with Crippen molar-refractivity contribution in [1.29, 1.82) is 0 Å². The molecule has 4 aromatic heterocycles. The Labute approximate surface area is 166 Å². The first kappa shape index (κ1) is 17.4. The maximum absolute atomic E-state index is 12.9. The van der Waals surface area contributed by atoms with E-state index in [9.17, 15) is 4.79 Å². The zero-order valence-corrected chi connectivity index (χ0v) is 16.7. The molecule has 0 bridgehead atoms. The molecule has 0 amide bonds. The lowest BCUT2D eigenvalue weighted by Crippen LogP contribution is -2.19. The Bertz CT molecular complexity index is 1450. The summed E-state index contributed by atoms with van der Waals surface area (Å²) in [7, 11) is 3.66. The van der Waals surface area contributed by atoms with E-state index in [1.165, 1.54) is 0 Å². The molecule has 5 aromatic rings. The largest absolute Gasteiger partial charge is 0.296 e. The molecule has 0 N–H and O–H groups in total. The van der Waals surface area contributed by atoms with Crippen LogP contribution in [0, 0.1) is 13.8 Å². The zero-order valence-electron chi connectivity index (χ0n) is 16.7. The maximum Gasteiger partial charge on any atom is 0.261 e. The van der Waals surface area contributed by atoms with Gasteiger partial charge < -0.3 is 0 Å². The SMILES string of the molecule is Cc1cc(-c2cc3n(C)c(=O)c4ccc(-c5cnn(C)c5)cc4n3n2)cc(C)n1. The Balaban J connectivity index is 1.82. The first-order chi connectivity index (χ1) is 13.9. The summed E-state index contributed by atoms with van der Waals surface area (Å²) in [5.41, 5.74) is 7.15. The maximum atomic E-state index is 12.9. The lowest BCUT2D eigenvalue weighted by molar-refractivity contribution is 0.768. The Morgan fingerprint density at radius 2 is 1.66 bits per heavy atom. The summed E-state index contributed by atoms with van der Waals surface area (Å²) in [5.74, 6) is 0. The number of aromatic nitrogens is 6. The van der Waals surface area contributed by atoms with Gasteiger partial charge in [0.2, 0.25) is 0 Å². The molecule has 7 nitrogen and oxygen atoms in total. The number of rotatable bonds is 2. The van der Waals surface area contributed by atoms with Gasteiger partial charge in [0.25, 0.3) is 5.56 Å². The molecule has 0 spiro atoms. The quantitative estimate of drug-likeness (QED) is 0.468. The van der Waals surface area contributed by atoms with Crippen LogP contribution in [0.4, 0.5) is 0 Å². The molecule has 0 saturated heterocycles. The number of pyridine rings is 1. The van der Waals surface area contributed by atoms with Crippen molar-refractivity contribution in [1.82, 2.24) is 28.9 Å². The lowest BCUT2D eigenvalue weighted by atomic mass is 10.1. The fourth-order valence-electron chi connectivity index (χ4n) is 3.83.